The minimum atomic E-state index is -0.900. The van der Waals surface area contributed by atoms with Gasteiger partial charge >= 0.3 is 12.1 Å². The molecule has 1 heterocycles. The Morgan fingerprint density at radius 3 is 2.20 bits per heavy atom. The summed E-state index contributed by atoms with van der Waals surface area (Å²) in [6, 6.07) is 15.3. The highest BCUT2D eigenvalue weighted by Crippen LogP contribution is 2.44. The first-order chi connectivity index (χ1) is 16.6. The van der Waals surface area contributed by atoms with Crippen molar-refractivity contribution in [3.05, 3.63) is 59.7 Å². The number of carboxylic acids is 1. The maximum Gasteiger partial charge on any atom is 0.407 e. The van der Waals surface area contributed by atoms with Gasteiger partial charge in [-0.1, -0.05) is 69.3 Å². The molecular formula is C27H32N2O6. The van der Waals surface area contributed by atoms with Gasteiger partial charge in [0, 0.05) is 12.5 Å². The van der Waals surface area contributed by atoms with E-state index in [1.54, 1.807) is 0 Å². The van der Waals surface area contributed by atoms with E-state index in [1.165, 1.54) is 0 Å². The van der Waals surface area contributed by atoms with Gasteiger partial charge in [0.15, 0.2) is 0 Å². The highest BCUT2D eigenvalue weighted by Gasteiger charge is 2.36. The number of carbonyl (C=O) groups excluding carboxylic acids is 2. The van der Waals surface area contributed by atoms with Gasteiger partial charge in [-0.25, -0.2) is 4.79 Å². The van der Waals surface area contributed by atoms with Gasteiger partial charge in [0.05, 0.1) is 18.6 Å². The van der Waals surface area contributed by atoms with Gasteiger partial charge in [-0.15, -0.1) is 0 Å². The van der Waals surface area contributed by atoms with Crippen molar-refractivity contribution in [1.82, 2.24) is 10.6 Å². The molecule has 3 N–H and O–H groups in total. The summed E-state index contributed by atoms with van der Waals surface area (Å²) in [4.78, 5) is 36.8. The Kier molecular flexibility index (Phi) is 7.12. The molecule has 0 radical (unpaired) electrons. The molecule has 8 nitrogen and oxygen atoms in total. The van der Waals surface area contributed by atoms with Crippen LogP contribution in [0.3, 0.4) is 0 Å². The van der Waals surface area contributed by atoms with E-state index in [-0.39, 0.29) is 37.7 Å². The predicted molar refractivity (Wildman–Crippen MR) is 130 cm³/mol. The van der Waals surface area contributed by atoms with Crippen LogP contribution in [-0.4, -0.2) is 55.0 Å². The van der Waals surface area contributed by atoms with E-state index >= 15 is 0 Å². The zero-order valence-electron chi connectivity index (χ0n) is 20.2. The Hall–Kier alpha value is -3.39. The number of hydrogen-bond donors (Lipinski definition) is 3. The predicted octanol–water partition coefficient (Wildman–Crippen LogP) is 3.55. The number of carbonyl (C=O) groups is 3. The molecule has 1 aliphatic heterocycles. The number of hydrogen-bond acceptors (Lipinski definition) is 5. The number of aliphatic carboxylic acids is 1. The van der Waals surface area contributed by atoms with Gasteiger partial charge in [0.2, 0.25) is 5.91 Å². The van der Waals surface area contributed by atoms with Crippen molar-refractivity contribution in [2.45, 2.75) is 45.3 Å². The van der Waals surface area contributed by atoms with Gasteiger partial charge < -0.3 is 25.2 Å². The first-order valence-electron chi connectivity index (χ1n) is 11.9. The van der Waals surface area contributed by atoms with Gasteiger partial charge in [0.25, 0.3) is 0 Å². The van der Waals surface area contributed by atoms with Crippen LogP contribution < -0.4 is 10.6 Å². The molecule has 3 atom stereocenters. The van der Waals surface area contributed by atoms with Crippen molar-refractivity contribution in [2.75, 3.05) is 19.8 Å². The molecule has 1 aliphatic carbocycles. The largest absolute Gasteiger partial charge is 0.481 e. The quantitative estimate of drug-likeness (QED) is 0.559. The second-order valence-electron chi connectivity index (χ2n) is 10.2. The third-order valence-electron chi connectivity index (χ3n) is 6.67. The fourth-order valence-electron chi connectivity index (χ4n) is 4.77. The highest BCUT2D eigenvalue weighted by atomic mass is 16.5. The third kappa shape index (κ3) is 5.48. The molecule has 1 fully saturated rings. The van der Waals surface area contributed by atoms with Crippen molar-refractivity contribution in [2.24, 2.45) is 11.3 Å². The lowest BCUT2D eigenvalue weighted by Gasteiger charge is -2.30. The van der Waals surface area contributed by atoms with Crippen LogP contribution in [0, 0.1) is 11.3 Å². The molecule has 8 heteroatoms. The van der Waals surface area contributed by atoms with Gasteiger partial charge in [-0.3, -0.25) is 9.59 Å². The van der Waals surface area contributed by atoms with E-state index in [9.17, 15) is 14.4 Å². The molecule has 2 aliphatic rings. The number of alkyl carbamates (subject to hydrolysis) is 1. The van der Waals surface area contributed by atoms with E-state index in [2.05, 4.69) is 22.8 Å². The Labute approximate surface area is 205 Å². The second-order valence-corrected chi connectivity index (χ2v) is 10.2. The van der Waals surface area contributed by atoms with Crippen LogP contribution in [0.5, 0.6) is 0 Å². The molecule has 1 saturated heterocycles. The summed E-state index contributed by atoms with van der Waals surface area (Å²) in [6.07, 6.45) is -0.685. The van der Waals surface area contributed by atoms with E-state index < -0.39 is 29.4 Å². The fourth-order valence-corrected chi connectivity index (χ4v) is 4.77. The minimum Gasteiger partial charge on any atom is -0.481 e. The van der Waals surface area contributed by atoms with Crippen molar-refractivity contribution in [3.63, 3.8) is 0 Å². The average Bonchev–Trinajstić information content (AvgIpc) is 3.42. The number of fused-ring (bicyclic) bond motifs is 3. The van der Waals surface area contributed by atoms with Crippen LogP contribution in [0.25, 0.3) is 11.1 Å². The van der Waals surface area contributed by atoms with E-state index in [0.717, 1.165) is 22.3 Å². The molecule has 0 bridgehead atoms. The van der Waals surface area contributed by atoms with Crippen LogP contribution in [0.1, 0.15) is 44.2 Å². The fraction of sp³-hybridized carbons (Fsp3) is 0.444. The summed E-state index contributed by atoms with van der Waals surface area (Å²) in [5.41, 5.74) is 3.94. The van der Waals surface area contributed by atoms with E-state index in [0.29, 0.717) is 6.42 Å². The maximum absolute atomic E-state index is 12.9. The molecule has 1 unspecified atom stereocenters. The molecular weight excluding hydrogens is 448 g/mol. The lowest BCUT2D eigenvalue weighted by atomic mass is 9.86. The summed E-state index contributed by atoms with van der Waals surface area (Å²) in [5.74, 6) is -1.90. The van der Waals surface area contributed by atoms with Crippen LogP contribution in [0.2, 0.25) is 0 Å². The number of amides is 2. The van der Waals surface area contributed by atoms with Gasteiger partial charge in [-0.05, 0) is 34.1 Å². The Bertz CT molecular complexity index is 1060. The van der Waals surface area contributed by atoms with Crippen LogP contribution in [0.15, 0.2) is 48.5 Å². The summed E-state index contributed by atoms with van der Waals surface area (Å²) in [6.45, 7) is 6.04. The molecule has 0 spiro atoms. The molecule has 186 valence electrons. The first-order valence-corrected chi connectivity index (χ1v) is 11.9. The molecule has 4 rings (SSSR count). The van der Waals surface area contributed by atoms with Crippen molar-refractivity contribution < 1.29 is 29.0 Å². The van der Waals surface area contributed by atoms with Gasteiger partial charge in [0.1, 0.15) is 12.6 Å². The standard InChI is InChI=1S/C27H32N2O6/c1-27(2,3)23(24(30)28-13-17-12-16(14-34-17)25(31)32)29-26(33)35-15-22-20-10-6-4-8-18(20)19-9-5-7-11-21(19)22/h4-11,16-17,22-23H,12-15H2,1-3H3,(H,28,30)(H,29,33)(H,31,32)/t16-,17-,23?/m0/s1. The van der Waals surface area contributed by atoms with Crippen molar-refractivity contribution in [3.8, 4) is 11.1 Å². The maximum atomic E-state index is 12.9. The lowest BCUT2D eigenvalue weighted by Crippen LogP contribution is -2.54. The monoisotopic (exact) mass is 480 g/mol. The van der Waals surface area contributed by atoms with E-state index in [1.807, 2.05) is 57.2 Å². The molecule has 0 aromatic heterocycles. The van der Waals surface area contributed by atoms with Crippen LogP contribution in [-0.2, 0) is 19.1 Å². The number of nitrogens with one attached hydrogen (secondary N) is 2. The average molecular weight is 481 g/mol. The smallest absolute Gasteiger partial charge is 0.407 e. The van der Waals surface area contributed by atoms with Crippen LogP contribution >= 0.6 is 0 Å². The topological polar surface area (TPSA) is 114 Å². The zero-order valence-corrected chi connectivity index (χ0v) is 20.2. The number of carboxylic acid groups (broad SMARTS) is 1. The molecule has 2 amide bonds. The SMILES string of the molecule is CC(C)(C)C(NC(=O)OCC1c2ccccc2-c2ccccc21)C(=O)NC[C@@H]1C[C@H](C(=O)O)CO1. The molecule has 2 aromatic carbocycles. The third-order valence-corrected chi connectivity index (χ3v) is 6.67. The summed E-state index contributed by atoms with van der Waals surface area (Å²) in [7, 11) is 0. The lowest BCUT2D eigenvalue weighted by molar-refractivity contribution is -0.141. The summed E-state index contributed by atoms with van der Waals surface area (Å²) in [5, 5.41) is 14.6. The van der Waals surface area contributed by atoms with Crippen molar-refractivity contribution >= 4 is 18.0 Å². The first kappa shape index (κ1) is 24.7. The summed E-state index contributed by atoms with van der Waals surface area (Å²) >= 11 is 0. The number of rotatable bonds is 7. The molecule has 2 aromatic rings. The normalized spacial score (nSPS) is 20.0. The van der Waals surface area contributed by atoms with E-state index in [4.69, 9.17) is 14.6 Å². The zero-order chi connectivity index (χ0) is 25.2. The Morgan fingerprint density at radius 2 is 1.66 bits per heavy atom. The van der Waals surface area contributed by atoms with Crippen molar-refractivity contribution in [1.29, 1.82) is 0 Å². The second kappa shape index (κ2) is 10.1. The van der Waals surface area contributed by atoms with Crippen LogP contribution in [0.4, 0.5) is 4.79 Å². The summed E-state index contributed by atoms with van der Waals surface area (Å²) < 4.78 is 11.1. The Balaban J connectivity index is 1.35. The Morgan fingerprint density at radius 1 is 1.06 bits per heavy atom. The highest BCUT2D eigenvalue weighted by molar-refractivity contribution is 5.86. The number of ether oxygens (including phenoxy) is 2. The van der Waals surface area contributed by atoms with Gasteiger partial charge in [-0.2, -0.15) is 0 Å². The number of benzene rings is 2. The minimum absolute atomic E-state index is 0.0724. The molecule has 35 heavy (non-hydrogen) atoms. The molecule has 0 saturated carbocycles.